The highest BCUT2D eigenvalue weighted by atomic mass is 79.9. The summed E-state index contributed by atoms with van der Waals surface area (Å²) in [6, 6.07) is 6.36. The topological polar surface area (TPSA) is 29.1 Å². The van der Waals surface area contributed by atoms with Gasteiger partial charge in [0.1, 0.15) is 0 Å². The van der Waals surface area contributed by atoms with E-state index in [0.717, 1.165) is 18.5 Å². The summed E-state index contributed by atoms with van der Waals surface area (Å²) in [6.45, 7) is 4.40. The number of aryl methyl sites for hydroxylation is 1. The van der Waals surface area contributed by atoms with E-state index in [-0.39, 0.29) is 5.91 Å². The summed E-state index contributed by atoms with van der Waals surface area (Å²) in [5.74, 6) is 0.698. The highest BCUT2D eigenvalue weighted by Gasteiger charge is 2.16. The first-order valence-corrected chi connectivity index (χ1v) is 7.06. The van der Waals surface area contributed by atoms with E-state index in [1.54, 1.807) is 0 Å². The lowest BCUT2D eigenvalue weighted by Crippen LogP contribution is -2.09. The number of fused-ring (bicyclic) bond motifs is 1. The Balaban J connectivity index is 2.30. The molecule has 0 bridgehead atoms. The number of anilines is 1. The zero-order valence-corrected chi connectivity index (χ0v) is 11.9. The Hall–Kier alpha value is -0.830. The molecule has 0 spiro atoms. The van der Waals surface area contributed by atoms with Crippen LogP contribution in [-0.4, -0.2) is 5.91 Å². The molecule has 1 amide bonds. The molecule has 0 aliphatic carbocycles. The molecule has 0 aromatic heterocycles. The second kappa shape index (κ2) is 5.21. The van der Waals surface area contributed by atoms with Crippen LogP contribution >= 0.6 is 15.9 Å². The predicted octanol–water partition coefficient (Wildman–Crippen LogP) is 4.05. The third kappa shape index (κ3) is 2.89. The molecular weight excluding hydrogens is 278 g/mol. The third-order valence-corrected chi connectivity index (χ3v) is 4.74. The molecule has 2 nitrogen and oxygen atoms in total. The summed E-state index contributed by atoms with van der Waals surface area (Å²) < 4.78 is 0. The van der Waals surface area contributed by atoms with Crippen LogP contribution in [0.2, 0.25) is 0 Å². The number of rotatable bonds is 2. The number of nitrogens with one attached hydrogen (secondary N) is 1. The molecule has 1 heterocycles. The lowest BCUT2D eigenvalue weighted by atomic mass is 9.98. The maximum absolute atomic E-state index is 11.5. The first kappa shape index (κ1) is 12.6. The predicted molar refractivity (Wildman–Crippen MR) is 74.5 cm³/mol. The van der Waals surface area contributed by atoms with Gasteiger partial charge in [-0.15, -0.1) is 0 Å². The lowest BCUT2D eigenvalue weighted by molar-refractivity contribution is -0.116. The first-order valence-electron chi connectivity index (χ1n) is 6.14. The minimum absolute atomic E-state index is 0.135. The Bertz CT molecular complexity index is 428. The zero-order valence-electron chi connectivity index (χ0n) is 10.3. The highest BCUT2D eigenvalue weighted by Crippen LogP contribution is 2.33. The standard InChI is InChI=1S/C14H18BrNO/c1-9(2)14(15)11-6-7-12-10(8-11)4-3-5-13(17)16-12/h6-9,14H,3-5H2,1-2H3,(H,16,17). The van der Waals surface area contributed by atoms with Gasteiger partial charge in [-0.25, -0.2) is 0 Å². The van der Waals surface area contributed by atoms with E-state index in [4.69, 9.17) is 0 Å². The van der Waals surface area contributed by atoms with Crippen molar-refractivity contribution in [3.63, 3.8) is 0 Å². The fourth-order valence-corrected chi connectivity index (χ4v) is 2.44. The number of carbonyl (C=O) groups excluding carboxylic acids is 1. The normalized spacial score (nSPS) is 17.3. The minimum atomic E-state index is 0.135. The quantitative estimate of drug-likeness (QED) is 0.819. The van der Waals surface area contributed by atoms with Gasteiger partial charge < -0.3 is 5.32 Å². The van der Waals surface area contributed by atoms with Gasteiger partial charge in [0.15, 0.2) is 0 Å². The van der Waals surface area contributed by atoms with Crippen molar-refractivity contribution in [1.29, 1.82) is 0 Å². The van der Waals surface area contributed by atoms with Gasteiger partial charge >= 0.3 is 0 Å². The number of alkyl halides is 1. The number of carbonyl (C=O) groups is 1. The van der Waals surface area contributed by atoms with E-state index >= 15 is 0 Å². The van der Waals surface area contributed by atoms with Crippen LogP contribution < -0.4 is 5.32 Å². The highest BCUT2D eigenvalue weighted by molar-refractivity contribution is 9.09. The summed E-state index contributed by atoms with van der Waals surface area (Å²) in [5.41, 5.74) is 3.55. The maximum atomic E-state index is 11.5. The van der Waals surface area contributed by atoms with Gasteiger partial charge in [0.2, 0.25) is 5.91 Å². The summed E-state index contributed by atoms with van der Waals surface area (Å²) >= 11 is 3.72. The van der Waals surface area contributed by atoms with Crippen molar-refractivity contribution in [2.75, 3.05) is 5.32 Å². The van der Waals surface area contributed by atoms with E-state index in [9.17, 15) is 4.79 Å². The van der Waals surface area contributed by atoms with E-state index in [1.807, 2.05) is 6.07 Å². The molecule has 0 saturated heterocycles. The van der Waals surface area contributed by atoms with E-state index in [0.29, 0.717) is 17.2 Å². The molecule has 92 valence electrons. The Morgan fingerprint density at radius 3 is 2.76 bits per heavy atom. The van der Waals surface area contributed by atoms with Crippen molar-refractivity contribution >= 4 is 27.5 Å². The Kier molecular flexibility index (Phi) is 3.87. The SMILES string of the molecule is CC(C)C(Br)c1ccc2c(c1)CCCC(=O)N2. The van der Waals surface area contributed by atoms with Crippen molar-refractivity contribution in [3.05, 3.63) is 29.3 Å². The molecule has 1 aliphatic rings. The van der Waals surface area contributed by atoms with Crippen LogP contribution in [0.5, 0.6) is 0 Å². The van der Waals surface area contributed by atoms with Crippen molar-refractivity contribution in [1.82, 2.24) is 0 Å². The molecule has 2 rings (SSSR count). The molecule has 0 radical (unpaired) electrons. The van der Waals surface area contributed by atoms with Crippen molar-refractivity contribution < 1.29 is 4.79 Å². The van der Waals surface area contributed by atoms with Gasteiger partial charge in [0.05, 0.1) is 0 Å². The minimum Gasteiger partial charge on any atom is -0.326 e. The zero-order chi connectivity index (χ0) is 12.4. The van der Waals surface area contributed by atoms with Crippen LogP contribution in [-0.2, 0) is 11.2 Å². The number of benzene rings is 1. The van der Waals surface area contributed by atoms with Crippen molar-refractivity contribution in [2.24, 2.45) is 5.92 Å². The summed E-state index contributed by atoms with van der Waals surface area (Å²) in [6.07, 6.45) is 2.56. The van der Waals surface area contributed by atoms with Gasteiger partial charge in [-0.05, 0) is 36.0 Å². The average Bonchev–Trinajstić information content (AvgIpc) is 2.47. The lowest BCUT2D eigenvalue weighted by Gasteiger charge is -2.16. The van der Waals surface area contributed by atoms with Crippen LogP contribution in [0.25, 0.3) is 0 Å². The molecule has 1 unspecified atom stereocenters. The smallest absolute Gasteiger partial charge is 0.224 e. The second-order valence-electron chi connectivity index (χ2n) is 4.96. The molecule has 0 fully saturated rings. The Morgan fingerprint density at radius 2 is 2.06 bits per heavy atom. The number of halogens is 1. The molecule has 1 atom stereocenters. The van der Waals surface area contributed by atoms with Crippen LogP contribution in [0.1, 0.15) is 42.6 Å². The summed E-state index contributed by atoms with van der Waals surface area (Å²) in [5, 5.41) is 2.96. The number of hydrogen-bond donors (Lipinski definition) is 1. The Labute approximate surface area is 111 Å². The van der Waals surface area contributed by atoms with E-state index in [1.165, 1.54) is 11.1 Å². The molecule has 1 aromatic carbocycles. The molecule has 1 aliphatic heterocycles. The average molecular weight is 296 g/mol. The first-order chi connectivity index (χ1) is 8.08. The monoisotopic (exact) mass is 295 g/mol. The van der Waals surface area contributed by atoms with Crippen LogP contribution in [0, 0.1) is 5.92 Å². The second-order valence-corrected chi connectivity index (χ2v) is 5.95. The van der Waals surface area contributed by atoms with Gasteiger partial charge in [-0.3, -0.25) is 4.79 Å². The van der Waals surface area contributed by atoms with E-state index < -0.39 is 0 Å². The molecule has 3 heteroatoms. The van der Waals surface area contributed by atoms with Gasteiger partial charge in [-0.1, -0.05) is 41.9 Å². The van der Waals surface area contributed by atoms with Crippen LogP contribution in [0.15, 0.2) is 18.2 Å². The van der Waals surface area contributed by atoms with Crippen LogP contribution in [0.4, 0.5) is 5.69 Å². The molecular formula is C14H18BrNO. The van der Waals surface area contributed by atoms with Crippen molar-refractivity contribution in [3.8, 4) is 0 Å². The van der Waals surface area contributed by atoms with Crippen LogP contribution in [0.3, 0.4) is 0 Å². The number of hydrogen-bond acceptors (Lipinski definition) is 1. The molecule has 0 saturated carbocycles. The van der Waals surface area contributed by atoms with Gasteiger partial charge in [0.25, 0.3) is 0 Å². The van der Waals surface area contributed by atoms with Crippen molar-refractivity contribution in [2.45, 2.75) is 37.9 Å². The maximum Gasteiger partial charge on any atom is 0.224 e. The summed E-state index contributed by atoms with van der Waals surface area (Å²) in [4.78, 5) is 11.8. The molecule has 17 heavy (non-hydrogen) atoms. The largest absolute Gasteiger partial charge is 0.326 e. The molecule has 1 N–H and O–H groups in total. The van der Waals surface area contributed by atoms with Gasteiger partial charge in [-0.2, -0.15) is 0 Å². The van der Waals surface area contributed by atoms with E-state index in [2.05, 4.69) is 47.2 Å². The fraction of sp³-hybridized carbons (Fsp3) is 0.500. The third-order valence-electron chi connectivity index (χ3n) is 3.16. The fourth-order valence-electron chi connectivity index (χ4n) is 2.15. The molecule has 1 aromatic rings. The van der Waals surface area contributed by atoms with Gasteiger partial charge in [0, 0.05) is 16.9 Å². The summed E-state index contributed by atoms with van der Waals surface area (Å²) in [7, 11) is 0. The Morgan fingerprint density at radius 1 is 1.29 bits per heavy atom. The number of amides is 1.